The van der Waals surface area contributed by atoms with Gasteiger partial charge in [-0.3, -0.25) is 0 Å². The lowest BCUT2D eigenvalue weighted by Crippen LogP contribution is -2.16. The molecule has 0 fully saturated rings. The summed E-state index contributed by atoms with van der Waals surface area (Å²) < 4.78 is 20.1. The van der Waals surface area contributed by atoms with E-state index in [0.29, 0.717) is 39.6 Å². The average Bonchev–Trinajstić information content (AvgIpc) is 2.26. The molecule has 0 unspecified atom stereocenters. The van der Waals surface area contributed by atoms with Crippen LogP contribution in [0.4, 0.5) is 0 Å². The Labute approximate surface area is 90.6 Å². The van der Waals surface area contributed by atoms with Crippen molar-refractivity contribution in [3.8, 4) is 0 Å². The van der Waals surface area contributed by atoms with E-state index in [-0.39, 0.29) is 13.2 Å². The van der Waals surface area contributed by atoms with Crippen molar-refractivity contribution in [1.82, 2.24) is 0 Å². The fourth-order valence-corrected chi connectivity index (χ4v) is 0.791. The first kappa shape index (κ1) is 14.4. The lowest BCUT2D eigenvalue weighted by atomic mass is 10.7. The molecule has 0 aromatic heterocycles. The third kappa shape index (κ3) is 13.4. The minimum Gasteiger partial charge on any atom is -0.853 e. The lowest BCUT2D eigenvalue weighted by molar-refractivity contribution is -0.374. The van der Waals surface area contributed by atoms with Crippen LogP contribution in [0.15, 0.2) is 12.8 Å². The molecule has 0 N–H and O–H groups in total. The summed E-state index contributed by atoms with van der Waals surface area (Å²) in [6.45, 7) is 6.50. The summed E-state index contributed by atoms with van der Waals surface area (Å²) in [4.78, 5) is 0. The van der Waals surface area contributed by atoms with E-state index < -0.39 is 0 Å². The van der Waals surface area contributed by atoms with E-state index in [1.165, 1.54) is 6.26 Å². The van der Waals surface area contributed by atoms with Crippen molar-refractivity contribution in [2.24, 2.45) is 0 Å². The molecule has 5 heteroatoms. The van der Waals surface area contributed by atoms with Crippen LogP contribution >= 0.6 is 0 Å². The highest BCUT2D eigenvalue weighted by molar-refractivity contribution is 4.47. The molecule has 0 atom stereocenters. The van der Waals surface area contributed by atoms with Crippen LogP contribution in [0.25, 0.3) is 0 Å². The molecule has 0 rings (SSSR count). The zero-order chi connectivity index (χ0) is 11.2. The second-order valence-corrected chi connectivity index (χ2v) is 2.58. The smallest absolute Gasteiger partial charge is 0.111 e. The fourth-order valence-electron chi connectivity index (χ4n) is 0.791. The Balaban J connectivity index is 2.83. The van der Waals surface area contributed by atoms with E-state index in [0.717, 1.165) is 0 Å². The summed E-state index contributed by atoms with van der Waals surface area (Å²) in [7, 11) is 0. The first-order valence-electron chi connectivity index (χ1n) is 4.95. The van der Waals surface area contributed by atoms with Gasteiger partial charge in [0.2, 0.25) is 0 Å². The van der Waals surface area contributed by atoms with Crippen LogP contribution in [-0.4, -0.2) is 52.9 Å². The highest BCUT2D eigenvalue weighted by atomic mass is 16.6. The quantitative estimate of drug-likeness (QED) is 0.329. The zero-order valence-electron chi connectivity index (χ0n) is 8.98. The van der Waals surface area contributed by atoms with Crippen molar-refractivity contribution < 1.29 is 24.1 Å². The molecule has 0 radical (unpaired) electrons. The largest absolute Gasteiger partial charge is 0.853 e. The Hall–Kier alpha value is -0.620. The van der Waals surface area contributed by atoms with Crippen LogP contribution in [0.1, 0.15) is 0 Å². The van der Waals surface area contributed by atoms with Crippen molar-refractivity contribution in [2.45, 2.75) is 0 Å². The Morgan fingerprint density at radius 2 is 1.27 bits per heavy atom. The molecule has 0 aliphatic rings. The zero-order valence-corrected chi connectivity index (χ0v) is 8.98. The van der Waals surface area contributed by atoms with Crippen molar-refractivity contribution in [3.63, 3.8) is 0 Å². The number of hydrogen-bond acceptors (Lipinski definition) is 5. The minimum absolute atomic E-state index is 0.202. The van der Waals surface area contributed by atoms with Gasteiger partial charge in [0.05, 0.1) is 39.3 Å². The predicted octanol–water partition coefficient (Wildman–Crippen LogP) is -0.443. The summed E-state index contributed by atoms with van der Waals surface area (Å²) in [5.41, 5.74) is 0. The van der Waals surface area contributed by atoms with Crippen molar-refractivity contribution in [3.05, 3.63) is 12.8 Å². The van der Waals surface area contributed by atoms with Gasteiger partial charge >= 0.3 is 0 Å². The summed E-state index contributed by atoms with van der Waals surface area (Å²) in [5.74, 6) is 0. The highest BCUT2D eigenvalue weighted by Crippen LogP contribution is 1.82. The van der Waals surface area contributed by atoms with Crippen LogP contribution in [0.5, 0.6) is 0 Å². The van der Waals surface area contributed by atoms with E-state index in [2.05, 4.69) is 6.58 Å². The van der Waals surface area contributed by atoms with Crippen LogP contribution < -0.4 is 5.11 Å². The Morgan fingerprint density at radius 3 is 1.73 bits per heavy atom. The summed E-state index contributed by atoms with van der Waals surface area (Å²) in [6.07, 6.45) is 1.38. The molecular formula is C10H19O5-. The second kappa shape index (κ2) is 13.4. The van der Waals surface area contributed by atoms with Crippen molar-refractivity contribution in [1.29, 1.82) is 0 Å². The van der Waals surface area contributed by atoms with E-state index in [4.69, 9.17) is 18.9 Å². The number of hydrogen-bond donors (Lipinski definition) is 0. The van der Waals surface area contributed by atoms with Gasteiger partial charge in [0.1, 0.15) is 6.61 Å². The minimum atomic E-state index is -0.202. The molecule has 0 saturated heterocycles. The summed E-state index contributed by atoms with van der Waals surface area (Å²) >= 11 is 0. The Kier molecular flexibility index (Phi) is 12.8. The third-order valence-electron chi connectivity index (χ3n) is 1.44. The lowest BCUT2D eigenvalue weighted by Gasteiger charge is -2.07. The summed E-state index contributed by atoms with van der Waals surface area (Å²) in [5, 5.41) is 9.99. The maximum Gasteiger partial charge on any atom is 0.111 e. The van der Waals surface area contributed by atoms with Gasteiger partial charge in [0, 0.05) is 6.61 Å². The van der Waals surface area contributed by atoms with E-state index in [9.17, 15) is 5.11 Å². The van der Waals surface area contributed by atoms with Gasteiger partial charge in [-0.05, 0) is 0 Å². The molecule has 0 bridgehead atoms. The molecule has 0 aromatic carbocycles. The SMILES string of the molecule is C=COCCOCCOCCOCC[O-]. The second-order valence-electron chi connectivity index (χ2n) is 2.58. The van der Waals surface area contributed by atoms with Gasteiger partial charge in [0.15, 0.2) is 0 Å². The molecule has 90 valence electrons. The molecule has 15 heavy (non-hydrogen) atoms. The first-order valence-corrected chi connectivity index (χ1v) is 4.95. The molecule has 5 nitrogen and oxygen atoms in total. The third-order valence-corrected chi connectivity index (χ3v) is 1.44. The van der Waals surface area contributed by atoms with Gasteiger partial charge in [0.25, 0.3) is 0 Å². The first-order chi connectivity index (χ1) is 7.41. The van der Waals surface area contributed by atoms with Crippen molar-refractivity contribution in [2.75, 3.05) is 52.9 Å². The standard InChI is InChI=1S/C10H19O5/c1-2-12-5-6-14-9-10-15-8-7-13-4-3-11/h2H,1,3-10H2/q-1. The van der Waals surface area contributed by atoms with Gasteiger partial charge in [-0.15, -0.1) is 6.61 Å². The number of ether oxygens (including phenoxy) is 4. The van der Waals surface area contributed by atoms with Crippen LogP contribution in [0, 0.1) is 0 Å². The summed E-state index contributed by atoms with van der Waals surface area (Å²) in [6, 6.07) is 0. The van der Waals surface area contributed by atoms with E-state index >= 15 is 0 Å². The van der Waals surface area contributed by atoms with E-state index in [1.807, 2.05) is 0 Å². The van der Waals surface area contributed by atoms with E-state index in [1.54, 1.807) is 0 Å². The van der Waals surface area contributed by atoms with Crippen molar-refractivity contribution >= 4 is 0 Å². The maximum atomic E-state index is 9.99. The normalized spacial score (nSPS) is 10.2. The molecule has 0 amide bonds. The van der Waals surface area contributed by atoms with Crippen LogP contribution in [0.3, 0.4) is 0 Å². The van der Waals surface area contributed by atoms with Crippen LogP contribution in [0.2, 0.25) is 0 Å². The number of rotatable bonds is 12. The molecule has 0 aliphatic heterocycles. The molecule has 0 aromatic rings. The monoisotopic (exact) mass is 219 g/mol. The Bertz CT molecular complexity index is 129. The molecule has 0 aliphatic carbocycles. The molecular weight excluding hydrogens is 200 g/mol. The van der Waals surface area contributed by atoms with Gasteiger partial charge in [-0.25, -0.2) is 0 Å². The molecule has 0 saturated carbocycles. The fraction of sp³-hybridized carbons (Fsp3) is 0.800. The van der Waals surface area contributed by atoms with Gasteiger partial charge in [-0.1, -0.05) is 6.58 Å². The van der Waals surface area contributed by atoms with Crippen LogP contribution in [-0.2, 0) is 18.9 Å². The van der Waals surface area contributed by atoms with Gasteiger partial charge < -0.3 is 24.1 Å². The average molecular weight is 219 g/mol. The predicted molar refractivity (Wildman–Crippen MR) is 53.5 cm³/mol. The highest BCUT2D eigenvalue weighted by Gasteiger charge is 1.90. The maximum absolute atomic E-state index is 9.99. The van der Waals surface area contributed by atoms with Gasteiger partial charge in [-0.2, -0.15) is 0 Å². The Morgan fingerprint density at radius 1 is 0.800 bits per heavy atom. The molecule has 0 spiro atoms. The topological polar surface area (TPSA) is 60.0 Å². The molecule has 0 heterocycles.